The molecular weight excluding hydrogens is 184 g/mol. The van der Waals surface area contributed by atoms with Crippen LogP contribution in [0.4, 0.5) is 0 Å². The zero-order valence-electron chi connectivity index (χ0n) is 7.43. The summed E-state index contributed by atoms with van der Waals surface area (Å²) in [5.74, 6) is 0.655. The third-order valence-electron chi connectivity index (χ3n) is 1.49. The van der Waals surface area contributed by atoms with Gasteiger partial charge in [0.1, 0.15) is 6.29 Å². The van der Waals surface area contributed by atoms with Crippen molar-refractivity contribution in [3.05, 3.63) is 29.8 Å². The standard InChI is InChI=1S/C10H12O2S/c1-8(12)7-13-10-4-2-3-9(5-10)6-11/h2-6,8,12H,7H2,1H3. The Morgan fingerprint density at radius 3 is 3.00 bits per heavy atom. The Kier molecular flexibility index (Phi) is 3.99. The van der Waals surface area contributed by atoms with E-state index in [1.807, 2.05) is 18.2 Å². The lowest BCUT2D eigenvalue weighted by Crippen LogP contribution is -2.02. The molecular formula is C10H12O2S. The van der Waals surface area contributed by atoms with Crippen molar-refractivity contribution in [1.82, 2.24) is 0 Å². The van der Waals surface area contributed by atoms with E-state index in [9.17, 15) is 4.79 Å². The van der Waals surface area contributed by atoms with E-state index in [4.69, 9.17) is 5.11 Å². The number of aliphatic hydroxyl groups excluding tert-OH is 1. The number of hydrogen-bond acceptors (Lipinski definition) is 3. The number of hydrogen-bond donors (Lipinski definition) is 1. The fourth-order valence-electron chi connectivity index (χ4n) is 0.894. The summed E-state index contributed by atoms with van der Waals surface area (Å²) in [5, 5.41) is 9.05. The summed E-state index contributed by atoms with van der Waals surface area (Å²) in [7, 11) is 0. The van der Waals surface area contributed by atoms with Crippen LogP contribution in [-0.4, -0.2) is 23.2 Å². The SMILES string of the molecule is CC(O)CSc1cccc(C=O)c1. The van der Waals surface area contributed by atoms with Gasteiger partial charge in [0, 0.05) is 16.2 Å². The van der Waals surface area contributed by atoms with Crippen LogP contribution in [0, 0.1) is 0 Å². The Labute approximate surface area is 82.0 Å². The Balaban J connectivity index is 2.61. The molecule has 1 unspecified atom stereocenters. The van der Waals surface area contributed by atoms with Crippen molar-refractivity contribution in [3.63, 3.8) is 0 Å². The molecule has 1 rings (SSSR count). The van der Waals surface area contributed by atoms with Crippen LogP contribution in [0.2, 0.25) is 0 Å². The van der Waals surface area contributed by atoms with E-state index >= 15 is 0 Å². The monoisotopic (exact) mass is 196 g/mol. The molecule has 0 aromatic heterocycles. The lowest BCUT2D eigenvalue weighted by atomic mass is 10.2. The van der Waals surface area contributed by atoms with Gasteiger partial charge in [0.15, 0.2) is 0 Å². The quantitative estimate of drug-likeness (QED) is 0.591. The minimum atomic E-state index is -0.315. The smallest absolute Gasteiger partial charge is 0.150 e. The first-order chi connectivity index (χ1) is 6.22. The Morgan fingerprint density at radius 1 is 1.62 bits per heavy atom. The molecule has 1 aromatic carbocycles. The summed E-state index contributed by atoms with van der Waals surface area (Å²) in [6.07, 6.45) is 0.511. The molecule has 1 atom stereocenters. The third-order valence-corrected chi connectivity index (χ3v) is 2.72. The molecule has 13 heavy (non-hydrogen) atoms. The lowest BCUT2D eigenvalue weighted by Gasteiger charge is -2.03. The molecule has 0 aliphatic carbocycles. The number of aliphatic hydroxyl groups is 1. The van der Waals surface area contributed by atoms with Gasteiger partial charge in [0.2, 0.25) is 0 Å². The number of aldehydes is 1. The molecule has 2 nitrogen and oxygen atoms in total. The number of rotatable bonds is 4. The predicted molar refractivity (Wildman–Crippen MR) is 54.2 cm³/mol. The highest BCUT2D eigenvalue weighted by Gasteiger charge is 1.98. The van der Waals surface area contributed by atoms with E-state index in [0.29, 0.717) is 11.3 Å². The molecule has 0 aliphatic rings. The van der Waals surface area contributed by atoms with Gasteiger partial charge in [0.25, 0.3) is 0 Å². The van der Waals surface area contributed by atoms with Crippen molar-refractivity contribution in [3.8, 4) is 0 Å². The van der Waals surface area contributed by atoms with Gasteiger partial charge in [-0.2, -0.15) is 0 Å². The lowest BCUT2D eigenvalue weighted by molar-refractivity contribution is 0.112. The first-order valence-corrected chi connectivity index (χ1v) is 5.07. The zero-order valence-corrected chi connectivity index (χ0v) is 8.25. The second-order valence-electron chi connectivity index (χ2n) is 2.85. The minimum Gasteiger partial charge on any atom is -0.393 e. The highest BCUT2D eigenvalue weighted by atomic mass is 32.2. The zero-order chi connectivity index (χ0) is 9.68. The summed E-state index contributed by atoms with van der Waals surface area (Å²) < 4.78 is 0. The van der Waals surface area contributed by atoms with Crippen molar-refractivity contribution < 1.29 is 9.90 Å². The highest BCUT2D eigenvalue weighted by molar-refractivity contribution is 7.99. The van der Waals surface area contributed by atoms with E-state index in [0.717, 1.165) is 11.2 Å². The van der Waals surface area contributed by atoms with E-state index in [-0.39, 0.29) is 6.10 Å². The van der Waals surface area contributed by atoms with E-state index in [1.165, 1.54) is 0 Å². The molecule has 0 saturated heterocycles. The summed E-state index contributed by atoms with van der Waals surface area (Å²) in [5.41, 5.74) is 0.676. The molecule has 0 fully saturated rings. The number of thioether (sulfide) groups is 1. The topological polar surface area (TPSA) is 37.3 Å². The van der Waals surface area contributed by atoms with Gasteiger partial charge in [-0.15, -0.1) is 11.8 Å². The van der Waals surface area contributed by atoms with Crippen LogP contribution in [0.3, 0.4) is 0 Å². The van der Waals surface area contributed by atoms with Gasteiger partial charge in [0.05, 0.1) is 6.10 Å². The molecule has 0 saturated carbocycles. The third kappa shape index (κ3) is 3.61. The molecule has 0 amide bonds. The molecule has 3 heteroatoms. The summed E-state index contributed by atoms with van der Waals surface area (Å²) in [4.78, 5) is 11.5. The number of carbonyl (C=O) groups is 1. The van der Waals surface area contributed by atoms with Gasteiger partial charge in [-0.05, 0) is 19.1 Å². The summed E-state index contributed by atoms with van der Waals surface area (Å²) in [6, 6.07) is 7.35. The molecule has 0 spiro atoms. The van der Waals surface area contributed by atoms with Gasteiger partial charge >= 0.3 is 0 Å². The Bertz CT molecular complexity index is 284. The number of benzene rings is 1. The van der Waals surface area contributed by atoms with Crippen LogP contribution in [0.25, 0.3) is 0 Å². The van der Waals surface area contributed by atoms with E-state index in [1.54, 1.807) is 24.8 Å². The van der Waals surface area contributed by atoms with E-state index < -0.39 is 0 Å². The van der Waals surface area contributed by atoms with Crippen molar-refractivity contribution in [1.29, 1.82) is 0 Å². The molecule has 0 bridgehead atoms. The molecule has 0 radical (unpaired) electrons. The van der Waals surface area contributed by atoms with Crippen LogP contribution in [-0.2, 0) is 0 Å². The van der Waals surface area contributed by atoms with Crippen LogP contribution >= 0.6 is 11.8 Å². The largest absolute Gasteiger partial charge is 0.393 e. The maximum absolute atomic E-state index is 10.4. The minimum absolute atomic E-state index is 0.315. The summed E-state index contributed by atoms with van der Waals surface area (Å²) >= 11 is 1.55. The van der Waals surface area contributed by atoms with Crippen LogP contribution in [0.15, 0.2) is 29.2 Å². The summed E-state index contributed by atoms with van der Waals surface area (Å²) in [6.45, 7) is 1.75. The van der Waals surface area contributed by atoms with Crippen molar-refractivity contribution >= 4 is 18.0 Å². The average Bonchev–Trinajstić information content (AvgIpc) is 2.15. The first-order valence-electron chi connectivity index (χ1n) is 4.08. The van der Waals surface area contributed by atoms with Gasteiger partial charge in [-0.3, -0.25) is 4.79 Å². The molecule has 70 valence electrons. The second-order valence-corrected chi connectivity index (χ2v) is 3.94. The van der Waals surface area contributed by atoms with Crippen LogP contribution < -0.4 is 0 Å². The van der Waals surface area contributed by atoms with Gasteiger partial charge < -0.3 is 5.11 Å². The molecule has 1 aromatic rings. The van der Waals surface area contributed by atoms with Gasteiger partial charge in [-0.1, -0.05) is 12.1 Å². The van der Waals surface area contributed by atoms with Crippen LogP contribution in [0.5, 0.6) is 0 Å². The van der Waals surface area contributed by atoms with Gasteiger partial charge in [-0.25, -0.2) is 0 Å². The first kappa shape index (κ1) is 10.3. The normalized spacial score (nSPS) is 12.5. The maximum Gasteiger partial charge on any atom is 0.150 e. The van der Waals surface area contributed by atoms with Crippen molar-refractivity contribution in [2.75, 3.05) is 5.75 Å². The predicted octanol–water partition coefficient (Wildman–Crippen LogP) is 1.97. The maximum atomic E-state index is 10.4. The fraction of sp³-hybridized carbons (Fsp3) is 0.300. The van der Waals surface area contributed by atoms with E-state index in [2.05, 4.69) is 0 Å². The highest BCUT2D eigenvalue weighted by Crippen LogP contribution is 2.19. The van der Waals surface area contributed by atoms with Crippen LogP contribution in [0.1, 0.15) is 17.3 Å². The molecule has 1 N–H and O–H groups in total. The molecule has 0 heterocycles. The fourth-order valence-corrected chi connectivity index (χ4v) is 1.72. The van der Waals surface area contributed by atoms with Crippen molar-refractivity contribution in [2.45, 2.75) is 17.9 Å². The number of carbonyl (C=O) groups excluding carboxylic acids is 1. The molecule has 0 aliphatic heterocycles. The Hall–Kier alpha value is -0.800. The second kappa shape index (κ2) is 5.04. The van der Waals surface area contributed by atoms with Crippen molar-refractivity contribution in [2.24, 2.45) is 0 Å². The Morgan fingerprint density at radius 2 is 2.38 bits per heavy atom. The average molecular weight is 196 g/mol.